The molecule has 3 unspecified atom stereocenters. The van der Waals surface area contributed by atoms with Crippen LogP contribution in [0.25, 0.3) is 0 Å². The van der Waals surface area contributed by atoms with Crippen LogP contribution in [0.15, 0.2) is 79.0 Å². The van der Waals surface area contributed by atoms with Gasteiger partial charge in [-0.3, -0.25) is 19.4 Å². The van der Waals surface area contributed by atoms with Crippen LogP contribution in [0.2, 0.25) is 0 Å². The predicted molar refractivity (Wildman–Crippen MR) is 156 cm³/mol. The summed E-state index contributed by atoms with van der Waals surface area (Å²) >= 11 is 0. The first-order valence-corrected chi connectivity index (χ1v) is 15.6. The molecule has 0 spiro atoms. The van der Waals surface area contributed by atoms with Crippen molar-refractivity contribution >= 4 is 27.6 Å². The first-order valence-electron chi connectivity index (χ1n) is 14.0. The molecule has 2 aliphatic heterocycles. The molecular formula is C31H34N4O6S. The second-order valence-corrected chi connectivity index (χ2v) is 12.7. The van der Waals surface area contributed by atoms with Crippen molar-refractivity contribution in [3.8, 4) is 11.5 Å². The fourth-order valence-corrected chi connectivity index (χ4v) is 7.19. The minimum absolute atomic E-state index is 0.0426. The third kappa shape index (κ3) is 6.85. The van der Waals surface area contributed by atoms with Crippen LogP contribution in [0.3, 0.4) is 0 Å². The fourth-order valence-electron chi connectivity index (χ4n) is 5.52. The third-order valence-corrected chi connectivity index (χ3v) is 9.43. The number of ketones is 1. The summed E-state index contributed by atoms with van der Waals surface area (Å²) in [6, 6.07) is 20.0. The Morgan fingerprint density at radius 1 is 1.02 bits per heavy atom. The first kappa shape index (κ1) is 29.4. The van der Waals surface area contributed by atoms with Gasteiger partial charge in [0.25, 0.3) is 5.91 Å². The lowest BCUT2D eigenvalue weighted by Gasteiger charge is -2.25. The second-order valence-electron chi connectivity index (χ2n) is 10.8. The van der Waals surface area contributed by atoms with Crippen LogP contribution in [0.4, 0.5) is 0 Å². The van der Waals surface area contributed by atoms with Gasteiger partial charge in [-0.2, -0.15) is 4.31 Å². The van der Waals surface area contributed by atoms with E-state index in [4.69, 9.17) is 4.74 Å². The highest BCUT2D eigenvalue weighted by molar-refractivity contribution is 7.88. The van der Waals surface area contributed by atoms with Crippen molar-refractivity contribution in [2.45, 2.75) is 44.0 Å². The van der Waals surface area contributed by atoms with Gasteiger partial charge in [0.05, 0.1) is 18.3 Å². The Morgan fingerprint density at radius 3 is 2.45 bits per heavy atom. The average Bonchev–Trinajstić information content (AvgIpc) is 3.56. The fraction of sp³-hybridized carbons (Fsp3) is 0.355. The van der Waals surface area contributed by atoms with Gasteiger partial charge in [-0.25, -0.2) is 8.42 Å². The summed E-state index contributed by atoms with van der Waals surface area (Å²) in [4.78, 5) is 44.3. The molecule has 220 valence electrons. The quantitative estimate of drug-likeness (QED) is 0.363. The number of carbonyl (C=O) groups is 3. The van der Waals surface area contributed by atoms with Crippen molar-refractivity contribution in [2.24, 2.45) is 5.92 Å². The Kier molecular flexibility index (Phi) is 8.98. The van der Waals surface area contributed by atoms with Crippen molar-refractivity contribution in [1.29, 1.82) is 0 Å². The lowest BCUT2D eigenvalue weighted by molar-refractivity contribution is -0.137. The van der Waals surface area contributed by atoms with E-state index in [2.05, 4.69) is 10.3 Å². The summed E-state index contributed by atoms with van der Waals surface area (Å²) in [5.74, 6) is 0.367. The van der Waals surface area contributed by atoms with Crippen molar-refractivity contribution in [3.05, 3.63) is 90.3 Å². The van der Waals surface area contributed by atoms with E-state index in [0.29, 0.717) is 48.7 Å². The second kappa shape index (κ2) is 12.8. The van der Waals surface area contributed by atoms with Gasteiger partial charge in [-0.15, -0.1) is 0 Å². The Balaban J connectivity index is 1.08. The highest BCUT2D eigenvalue weighted by atomic mass is 32.2. The Hall–Kier alpha value is -4.09. The van der Waals surface area contributed by atoms with Crippen molar-refractivity contribution in [1.82, 2.24) is 19.5 Å². The highest BCUT2D eigenvalue weighted by Crippen LogP contribution is 2.33. The lowest BCUT2D eigenvalue weighted by Crippen LogP contribution is -2.44. The zero-order valence-electron chi connectivity index (χ0n) is 23.4. The third-order valence-electron chi connectivity index (χ3n) is 7.65. The molecule has 2 fully saturated rings. The summed E-state index contributed by atoms with van der Waals surface area (Å²) in [6.45, 7) is 2.42. The van der Waals surface area contributed by atoms with E-state index >= 15 is 0 Å². The molecule has 5 rings (SSSR count). The summed E-state index contributed by atoms with van der Waals surface area (Å²) in [5.41, 5.74) is 0.916. The topological polar surface area (TPSA) is 126 Å². The van der Waals surface area contributed by atoms with Gasteiger partial charge in [0, 0.05) is 31.3 Å². The minimum atomic E-state index is -3.77. The Labute approximate surface area is 245 Å². The van der Waals surface area contributed by atoms with Gasteiger partial charge in [0.2, 0.25) is 15.9 Å². The molecule has 1 aromatic heterocycles. The van der Waals surface area contributed by atoms with E-state index in [0.717, 1.165) is 0 Å². The number of nitrogens with zero attached hydrogens (tertiary/aromatic N) is 3. The molecule has 11 heteroatoms. The van der Waals surface area contributed by atoms with Crippen LogP contribution in [0.5, 0.6) is 11.5 Å². The van der Waals surface area contributed by atoms with E-state index in [9.17, 15) is 22.8 Å². The van der Waals surface area contributed by atoms with Gasteiger partial charge in [0.1, 0.15) is 23.3 Å². The molecule has 3 atom stereocenters. The summed E-state index contributed by atoms with van der Waals surface area (Å²) < 4.78 is 33.2. The van der Waals surface area contributed by atoms with Crippen LogP contribution in [0.1, 0.15) is 42.2 Å². The van der Waals surface area contributed by atoms with Crippen LogP contribution >= 0.6 is 0 Å². The molecule has 3 aromatic rings. The summed E-state index contributed by atoms with van der Waals surface area (Å²) in [6.07, 6.45) is 2.74. The molecule has 10 nitrogen and oxygen atoms in total. The number of fused-ring (bicyclic) bond motifs is 1. The minimum Gasteiger partial charge on any atom is -0.457 e. The Morgan fingerprint density at radius 2 is 1.74 bits per heavy atom. The van der Waals surface area contributed by atoms with Crippen LogP contribution < -0.4 is 10.1 Å². The smallest absolute Gasteiger partial charge is 0.251 e. The number of ether oxygens (including phenoxy) is 1. The van der Waals surface area contributed by atoms with Crippen LogP contribution in [-0.4, -0.2) is 71.9 Å². The maximum atomic E-state index is 13.2. The number of hydrogen-bond donors (Lipinski definition) is 1. The highest BCUT2D eigenvalue weighted by Gasteiger charge is 2.53. The van der Waals surface area contributed by atoms with Gasteiger partial charge in [-0.05, 0) is 67.3 Å². The summed E-state index contributed by atoms with van der Waals surface area (Å²) in [7, 11) is -3.77. The van der Waals surface area contributed by atoms with Crippen LogP contribution in [-0.2, 0) is 25.4 Å². The number of para-hydroxylation sites is 1. The van der Waals surface area contributed by atoms with E-state index in [-0.39, 0.29) is 42.2 Å². The van der Waals surface area contributed by atoms with E-state index in [1.807, 2.05) is 37.3 Å². The molecule has 42 heavy (non-hydrogen) atoms. The van der Waals surface area contributed by atoms with Crippen molar-refractivity contribution in [2.75, 3.05) is 19.6 Å². The number of nitrogens with one attached hydrogen (secondary N) is 1. The molecule has 1 N–H and O–H groups in total. The number of benzene rings is 2. The molecular weight excluding hydrogens is 556 g/mol. The number of sulfonamides is 1. The molecule has 0 radical (unpaired) electrons. The standard InChI is InChI=1S/C31H34N4O6S/c1-22(14-17-33-31(38)23-10-12-26(13-11-23)41-25-8-3-2-4-9-25)19-29(37)34-18-15-27-30(34)28(36)20-35(27)42(39,40)21-24-7-5-6-16-32-24/h2-13,16,22,27,30H,14-15,17-21H2,1H3,(H,33,38). The number of Topliss-reactive ketones (excluding diaryl/α,β-unsaturated/α-hetero) is 1. The number of pyridine rings is 1. The number of amides is 2. The zero-order valence-corrected chi connectivity index (χ0v) is 24.2. The van der Waals surface area contributed by atoms with E-state index in [1.54, 1.807) is 42.5 Å². The first-order chi connectivity index (χ1) is 20.2. The van der Waals surface area contributed by atoms with Crippen molar-refractivity contribution in [3.63, 3.8) is 0 Å². The van der Waals surface area contributed by atoms with E-state index < -0.39 is 22.1 Å². The molecule has 0 aliphatic carbocycles. The lowest BCUT2D eigenvalue weighted by atomic mass is 10.0. The molecule has 2 saturated heterocycles. The molecule has 0 saturated carbocycles. The van der Waals surface area contributed by atoms with Gasteiger partial charge in [-0.1, -0.05) is 31.2 Å². The molecule has 2 aromatic carbocycles. The molecule has 0 bridgehead atoms. The zero-order chi connectivity index (χ0) is 29.7. The van der Waals surface area contributed by atoms with Crippen LogP contribution in [0, 0.1) is 5.92 Å². The normalized spacial score (nSPS) is 19.4. The Bertz CT molecular complexity index is 1520. The number of aromatic nitrogens is 1. The van der Waals surface area contributed by atoms with Gasteiger partial charge >= 0.3 is 0 Å². The van der Waals surface area contributed by atoms with Crippen molar-refractivity contribution < 1.29 is 27.5 Å². The number of hydrogen-bond acceptors (Lipinski definition) is 7. The monoisotopic (exact) mass is 590 g/mol. The van der Waals surface area contributed by atoms with E-state index in [1.165, 1.54) is 15.4 Å². The maximum Gasteiger partial charge on any atom is 0.251 e. The molecule has 3 heterocycles. The summed E-state index contributed by atoms with van der Waals surface area (Å²) in [5, 5.41) is 2.89. The number of carbonyl (C=O) groups excluding carboxylic acids is 3. The predicted octanol–water partition coefficient (Wildman–Crippen LogP) is 3.40. The largest absolute Gasteiger partial charge is 0.457 e. The average molecular weight is 591 g/mol. The maximum absolute atomic E-state index is 13.2. The number of rotatable bonds is 11. The van der Waals surface area contributed by atoms with Gasteiger partial charge < -0.3 is 15.0 Å². The number of likely N-dealkylation sites (tertiary alicyclic amines) is 1. The molecule has 2 amide bonds. The molecule has 2 aliphatic rings. The van der Waals surface area contributed by atoms with Gasteiger partial charge in [0.15, 0.2) is 5.78 Å². The SMILES string of the molecule is CC(CCNC(=O)c1ccc(Oc2ccccc2)cc1)CC(=O)N1CCC2C1C(=O)CN2S(=O)(=O)Cc1ccccn1.